The molecular formula is C16H27NO. The molecule has 0 bridgehead atoms. The third-order valence-corrected chi connectivity index (χ3v) is 2.85. The van der Waals surface area contributed by atoms with E-state index in [1.807, 2.05) is 0 Å². The van der Waals surface area contributed by atoms with Crippen molar-refractivity contribution >= 4 is 0 Å². The van der Waals surface area contributed by atoms with Crippen LogP contribution in [0.2, 0.25) is 0 Å². The van der Waals surface area contributed by atoms with Crippen LogP contribution in [0.15, 0.2) is 18.2 Å². The van der Waals surface area contributed by atoms with Gasteiger partial charge in [-0.1, -0.05) is 46.8 Å². The topological polar surface area (TPSA) is 21.3 Å². The molecule has 0 saturated carbocycles. The van der Waals surface area contributed by atoms with E-state index < -0.39 is 0 Å². The lowest BCUT2D eigenvalue weighted by molar-refractivity contribution is 0.267. The van der Waals surface area contributed by atoms with Crippen LogP contribution in [0, 0.1) is 5.92 Å². The van der Waals surface area contributed by atoms with Gasteiger partial charge in [-0.3, -0.25) is 0 Å². The Morgan fingerprint density at radius 3 is 2.44 bits per heavy atom. The minimum Gasteiger partial charge on any atom is -0.493 e. The van der Waals surface area contributed by atoms with Crippen LogP contribution in [0.4, 0.5) is 0 Å². The molecule has 0 radical (unpaired) electrons. The third-order valence-electron chi connectivity index (χ3n) is 2.85. The number of benzene rings is 1. The second-order valence-electron chi connectivity index (χ2n) is 5.51. The van der Waals surface area contributed by atoms with Crippen LogP contribution in [0.1, 0.15) is 51.7 Å². The van der Waals surface area contributed by atoms with E-state index >= 15 is 0 Å². The van der Waals surface area contributed by atoms with Crippen molar-refractivity contribution < 1.29 is 4.74 Å². The van der Waals surface area contributed by atoms with Gasteiger partial charge in [-0.15, -0.1) is 0 Å². The van der Waals surface area contributed by atoms with E-state index in [9.17, 15) is 0 Å². The highest BCUT2D eigenvalue weighted by molar-refractivity contribution is 5.39. The molecule has 0 aliphatic carbocycles. The quantitative estimate of drug-likeness (QED) is 0.790. The van der Waals surface area contributed by atoms with E-state index in [4.69, 9.17) is 4.74 Å². The first-order valence-electron chi connectivity index (χ1n) is 7.00. The standard InChI is InChI=1S/C16H27NO/c1-6-17-10-14-7-8-16(18-11-12(2)3)15(9-14)13(4)5/h7-9,12-13,17H,6,10-11H2,1-5H3. The summed E-state index contributed by atoms with van der Waals surface area (Å²) in [4.78, 5) is 0. The summed E-state index contributed by atoms with van der Waals surface area (Å²) in [5.41, 5.74) is 2.64. The predicted molar refractivity (Wildman–Crippen MR) is 78.2 cm³/mol. The lowest BCUT2D eigenvalue weighted by atomic mass is 9.99. The normalized spacial score (nSPS) is 11.3. The molecule has 0 aliphatic heterocycles. The summed E-state index contributed by atoms with van der Waals surface area (Å²) in [5, 5.41) is 3.36. The summed E-state index contributed by atoms with van der Waals surface area (Å²) in [6.45, 7) is 13.6. The Balaban J connectivity index is 2.83. The largest absolute Gasteiger partial charge is 0.493 e. The summed E-state index contributed by atoms with van der Waals surface area (Å²) in [6, 6.07) is 6.54. The second kappa shape index (κ2) is 7.42. The van der Waals surface area contributed by atoms with Crippen molar-refractivity contribution in [2.24, 2.45) is 5.92 Å². The molecule has 1 N–H and O–H groups in total. The van der Waals surface area contributed by atoms with Crippen LogP contribution < -0.4 is 10.1 Å². The molecule has 2 heteroatoms. The highest BCUT2D eigenvalue weighted by Gasteiger charge is 2.09. The van der Waals surface area contributed by atoms with Gasteiger partial charge in [-0.2, -0.15) is 0 Å². The average molecular weight is 249 g/mol. The van der Waals surface area contributed by atoms with Gasteiger partial charge in [0.2, 0.25) is 0 Å². The van der Waals surface area contributed by atoms with Crippen molar-refractivity contribution in [1.82, 2.24) is 5.32 Å². The smallest absolute Gasteiger partial charge is 0.122 e. The fraction of sp³-hybridized carbons (Fsp3) is 0.625. The Kier molecular flexibility index (Phi) is 6.20. The van der Waals surface area contributed by atoms with Crippen molar-refractivity contribution in [3.05, 3.63) is 29.3 Å². The lowest BCUT2D eigenvalue weighted by Gasteiger charge is -2.17. The zero-order valence-corrected chi connectivity index (χ0v) is 12.4. The van der Waals surface area contributed by atoms with Crippen molar-refractivity contribution in [3.63, 3.8) is 0 Å². The summed E-state index contributed by atoms with van der Waals surface area (Å²) >= 11 is 0. The van der Waals surface area contributed by atoms with Crippen LogP contribution in [0.5, 0.6) is 5.75 Å². The average Bonchev–Trinajstić information content (AvgIpc) is 2.34. The molecule has 0 unspecified atom stereocenters. The molecule has 0 spiro atoms. The fourth-order valence-electron chi connectivity index (χ4n) is 1.82. The molecule has 2 nitrogen and oxygen atoms in total. The van der Waals surface area contributed by atoms with E-state index in [-0.39, 0.29) is 0 Å². The van der Waals surface area contributed by atoms with Gasteiger partial charge in [-0.05, 0) is 35.6 Å². The molecule has 0 atom stereocenters. The van der Waals surface area contributed by atoms with Gasteiger partial charge in [0.25, 0.3) is 0 Å². The van der Waals surface area contributed by atoms with Crippen LogP contribution in [0.25, 0.3) is 0 Å². The van der Waals surface area contributed by atoms with Crippen LogP contribution >= 0.6 is 0 Å². The number of hydrogen-bond acceptors (Lipinski definition) is 2. The highest BCUT2D eigenvalue weighted by Crippen LogP contribution is 2.28. The molecule has 18 heavy (non-hydrogen) atoms. The molecule has 0 amide bonds. The molecule has 1 aromatic carbocycles. The van der Waals surface area contributed by atoms with Crippen molar-refractivity contribution in [1.29, 1.82) is 0 Å². The minimum atomic E-state index is 0.494. The van der Waals surface area contributed by atoms with Crippen LogP contribution in [-0.4, -0.2) is 13.2 Å². The molecule has 0 aliphatic rings. The Morgan fingerprint density at radius 1 is 1.17 bits per heavy atom. The maximum Gasteiger partial charge on any atom is 0.122 e. The van der Waals surface area contributed by atoms with Gasteiger partial charge < -0.3 is 10.1 Å². The Morgan fingerprint density at radius 2 is 1.89 bits per heavy atom. The Bertz CT molecular complexity index is 358. The summed E-state index contributed by atoms with van der Waals surface area (Å²) < 4.78 is 5.90. The number of rotatable bonds is 7. The highest BCUT2D eigenvalue weighted by atomic mass is 16.5. The van der Waals surface area contributed by atoms with Gasteiger partial charge in [0.05, 0.1) is 6.61 Å². The van der Waals surface area contributed by atoms with E-state index in [0.717, 1.165) is 25.4 Å². The van der Waals surface area contributed by atoms with Crippen molar-refractivity contribution in [2.75, 3.05) is 13.2 Å². The number of hydrogen-bond donors (Lipinski definition) is 1. The van der Waals surface area contributed by atoms with Crippen molar-refractivity contribution in [3.8, 4) is 5.75 Å². The SMILES string of the molecule is CCNCc1ccc(OCC(C)C)c(C(C)C)c1. The zero-order chi connectivity index (χ0) is 13.5. The van der Waals surface area contributed by atoms with Gasteiger partial charge >= 0.3 is 0 Å². The third kappa shape index (κ3) is 4.69. The molecule has 0 aromatic heterocycles. The van der Waals surface area contributed by atoms with Crippen LogP contribution in [-0.2, 0) is 6.54 Å². The van der Waals surface area contributed by atoms with Gasteiger partial charge in [0, 0.05) is 6.54 Å². The number of nitrogens with one attached hydrogen (secondary N) is 1. The van der Waals surface area contributed by atoms with Crippen molar-refractivity contribution in [2.45, 2.75) is 47.1 Å². The maximum atomic E-state index is 5.90. The zero-order valence-electron chi connectivity index (χ0n) is 12.4. The van der Waals surface area contributed by atoms with E-state index in [1.54, 1.807) is 0 Å². The monoisotopic (exact) mass is 249 g/mol. The summed E-state index contributed by atoms with van der Waals surface area (Å²) in [7, 11) is 0. The van der Waals surface area contributed by atoms with Crippen LogP contribution in [0.3, 0.4) is 0 Å². The van der Waals surface area contributed by atoms with E-state index in [1.165, 1.54) is 11.1 Å². The second-order valence-corrected chi connectivity index (χ2v) is 5.51. The molecule has 0 saturated heterocycles. The lowest BCUT2D eigenvalue weighted by Crippen LogP contribution is -2.12. The Hall–Kier alpha value is -1.02. The fourth-order valence-corrected chi connectivity index (χ4v) is 1.82. The first-order chi connectivity index (χ1) is 8.54. The molecule has 0 heterocycles. The van der Waals surface area contributed by atoms with E-state index in [2.05, 4.69) is 58.1 Å². The summed E-state index contributed by atoms with van der Waals surface area (Å²) in [5.74, 6) is 2.10. The van der Waals surface area contributed by atoms with Gasteiger partial charge in [0.1, 0.15) is 5.75 Å². The van der Waals surface area contributed by atoms with Gasteiger partial charge in [-0.25, -0.2) is 0 Å². The first-order valence-corrected chi connectivity index (χ1v) is 7.00. The van der Waals surface area contributed by atoms with Gasteiger partial charge in [0.15, 0.2) is 0 Å². The Labute approximate surface area is 112 Å². The molecular weight excluding hydrogens is 222 g/mol. The molecule has 1 rings (SSSR count). The molecule has 1 aromatic rings. The molecule has 0 fully saturated rings. The first kappa shape index (κ1) is 15.0. The predicted octanol–water partition coefficient (Wildman–Crippen LogP) is 3.95. The molecule has 102 valence electrons. The summed E-state index contributed by atoms with van der Waals surface area (Å²) in [6.07, 6.45) is 0. The number of ether oxygens (including phenoxy) is 1. The van der Waals surface area contributed by atoms with E-state index in [0.29, 0.717) is 11.8 Å². The maximum absolute atomic E-state index is 5.90. The minimum absolute atomic E-state index is 0.494.